The maximum atomic E-state index is 13.5. The van der Waals surface area contributed by atoms with Crippen LogP contribution >= 0.6 is 0 Å². The first-order chi connectivity index (χ1) is 21.0. The number of para-hydroxylation sites is 1. The number of ether oxygens (including phenoxy) is 2. The predicted octanol–water partition coefficient (Wildman–Crippen LogP) is 1.86. The highest BCUT2D eigenvalue weighted by Gasteiger charge is 2.34. The second kappa shape index (κ2) is 15.3. The van der Waals surface area contributed by atoms with Gasteiger partial charge < -0.3 is 29.8 Å². The number of nitrogens with zero attached hydrogens (tertiary/aromatic N) is 2. The van der Waals surface area contributed by atoms with Gasteiger partial charge in [0.05, 0.1) is 28.2 Å². The summed E-state index contributed by atoms with van der Waals surface area (Å²) < 4.78 is 36.2. The maximum Gasteiger partial charge on any atom is 0.408 e. The zero-order chi connectivity index (χ0) is 31.7. The summed E-state index contributed by atoms with van der Waals surface area (Å²) in [4.78, 5) is 53.4. The first kappa shape index (κ1) is 33.9. The van der Waals surface area contributed by atoms with Crippen LogP contribution in [0.2, 0.25) is 0 Å². The lowest BCUT2D eigenvalue weighted by molar-refractivity contribution is -0.133. The third kappa shape index (κ3) is 9.76. The number of hydrogen-bond donors (Lipinski definition) is 2. The molecule has 1 aromatic rings. The molecule has 0 unspecified atom stereocenters. The van der Waals surface area contributed by atoms with Crippen LogP contribution in [0.3, 0.4) is 0 Å². The Bertz CT molecular complexity index is 1280. The van der Waals surface area contributed by atoms with Crippen LogP contribution in [0.15, 0.2) is 24.3 Å². The highest BCUT2D eigenvalue weighted by Crippen LogP contribution is 2.28. The number of alkyl carbamates (subject to hydrolysis) is 1. The zero-order valence-corrected chi connectivity index (χ0v) is 27.1. The van der Waals surface area contributed by atoms with E-state index >= 15 is 0 Å². The summed E-state index contributed by atoms with van der Waals surface area (Å²) in [5.41, 5.74) is 0.899. The van der Waals surface area contributed by atoms with Crippen molar-refractivity contribution in [2.45, 2.75) is 88.1 Å². The van der Waals surface area contributed by atoms with Crippen molar-refractivity contribution in [3.63, 3.8) is 0 Å². The largest absolute Gasteiger partial charge is 0.491 e. The number of fused-ring (bicyclic) bond motifs is 1. The van der Waals surface area contributed by atoms with Crippen molar-refractivity contribution < 1.29 is 37.1 Å². The number of amides is 3. The van der Waals surface area contributed by atoms with Gasteiger partial charge in [0.25, 0.3) is 0 Å². The predicted molar refractivity (Wildman–Crippen MR) is 163 cm³/mol. The number of hydrogen-bond acceptors (Lipinski definition) is 8. The minimum atomic E-state index is -3.31. The first-order valence-electron chi connectivity index (χ1n) is 15.4. The number of benzene rings is 1. The molecule has 2 N–H and O–H groups in total. The number of nitrogens with one attached hydrogen (secondary N) is 2. The molecule has 0 aromatic heterocycles. The highest BCUT2D eigenvalue weighted by atomic mass is 32.2. The third-order valence-electron chi connectivity index (χ3n) is 8.63. The minimum absolute atomic E-state index is 0.000370. The Morgan fingerprint density at radius 2 is 1.82 bits per heavy atom. The molecule has 44 heavy (non-hydrogen) atoms. The molecule has 2 aliphatic heterocycles. The molecule has 1 aliphatic carbocycles. The molecule has 2 atom stereocenters. The Hall–Kier alpha value is -2.97. The quantitative estimate of drug-likeness (QED) is 0.273. The fraction of sp³-hybridized carbons (Fsp3) is 0.667. The van der Waals surface area contributed by atoms with Gasteiger partial charge in [-0.05, 0) is 37.7 Å². The summed E-state index contributed by atoms with van der Waals surface area (Å²) >= 11 is 0. The minimum Gasteiger partial charge on any atom is -0.491 e. The van der Waals surface area contributed by atoms with Gasteiger partial charge in [-0.15, -0.1) is 0 Å². The molecule has 0 spiro atoms. The van der Waals surface area contributed by atoms with Gasteiger partial charge in [-0.2, -0.15) is 0 Å². The fourth-order valence-electron chi connectivity index (χ4n) is 6.06. The van der Waals surface area contributed by atoms with E-state index in [1.54, 1.807) is 4.90 Å². The van der Waals surface area contributed by atoms with E-state index in [-0.39, 0.29) is 37.8 Å². The first-order valence-corrected chi connectivity index (χ1v) is 17.7. The highest BCUT2D eigenvalue weighted by molar-refractivity contribution is 7.88. The van der Waals surface area contributed by atoms with E-state index in [2.05, 4.69) is 20.9 Å². The van der Waals surface area contributed by atoms with Crippen molar-refractivity contribution in [2.75, 3.05) is 32.5 Å². The van der Waals surface area contributed by atoms with E-state index in [9.17, 15) is 27.6 Å². The standard InChI is InChI=1S/C30H43N4O8SSi/c1-43(39,40)34-15-12-24(13-16-34)42-29(38)31-25(19-22-7-3-2-4-8-22)28(37)32-30(44,21-35)14-11-27(36)33-17-18-41-26-10-6-5-9-23(26)20-33/h5-6,9-10,21-22,24-25H,2-4,7-8,11-20H2,1H3,(H,31,38)(H,32,37)/t25-,30-/m0/s1. The fourth-order valence-corrected chi connectivity index (χ4v) is 7.18. The second-order valence-corrected chi connectivity index (χ2v) is 14.9. The smallest absolute Gasteiger partial charge is 0.408 e. The molecular formula is C30H43N4O8SSi. The Morgan fingerprint density at radius 3 is 2.50 bits per heavy atom. The van der Waals surface area contributed by atoms with E-state index in [1.165, 1.54) is 4.31 Å². The molecule has 4 rings (SSSR count). The molecular weight excluding hydrogens is 605 g/mol. The molecule has 12 nitrogen and oxygen atoms in total. The van der Waals surface area contributed by atoms with Crippen molar-refractivity contribution in [1.29, 1.82) is 0 Å². The number of carbonyl (C=O) groups is 4. The van der Waals surface area contributed by atoms with E-state index in [0.717, 1.165) is 49.7 Å². The molecule has 2 heterocycles. The van der Waals surface area contributed by atoms with E-state index < -0.39 is 39.3 Å². The maximum absolute atomic E-state index is 13.5. The summed E-state index contributed by atoms with van der Waals surface area (Å²) in [7, 11) is 0.0993. The molecule has 3 radical (unpaired) electrons. The van der Waals surface area contributed by atoms with Crippen LogP contribution < -0.4 is 15.4 Å². The molecule has 3 amide bonds. The second-order valence-electron chi connectivity index (χ2n) is 12.1. The van der Waals surface area contributed by atoms with E-state index in [1.807, 2.05) is 24.3 Å². The van der Waals surface area contributed by atoms with Crippen LogP contribution in [-0.4, -0.2) is 102 Å². The third-order valence-corrected chi connectivity index (χ3v) is 10.4. The van der Waals surface area contributed by atoms with Crippen LogP contribution in [0.5, 0.6) is 5.75 Å². The summed E-state index contributed by atoms with van der Waals surface area (Å²) in [6.07, 6.45) is 6.70. The zero-order valence-electron chi connectivity index (χ0n) is 25.3. The van der Waals surface area contributed by atoms with Crippen molar-refractivity contribution in [1.82, 2.24) is 19.8 Å². The normalized spacial score (nSPS) is 20.6. The summed E-state index contributed by atoms with van der Waals surface area (Å²) in [5, 5.41) is 3.91. The molecule has 1 saturated carbocycles. The molecule has 241 valence electrons. The van der Waals surface area contributed by atoms with E-state index in [4.69, 9.17) is 9.47 Å². The number of carbonyl (C=O) groups excluding carboxylic acids is 4. The molecule has 1 aromatic carbocycles. The van der Waals surface area contributed by atoms with Gasteiger partial charge in [0.2, 0.25) is 21.8 Å². The summed E-state index contributed by atoms with van der Waals surface area (Å²) in [5.74, 6) is 0.247. The Balaban J connectivity index is 1.34. The van der Waals surface area contributed by atoms with Crippen LogP contribution in [0.25, 0.3) is 0 Å². The Kier molecular flexibility index (Phi) is 11.8. The molecule has 0 bridgehead atoms. The van der Waals surface area contributed by atoms with Crippen LogP contribution in [0, 0.1) is 5.92 Å². The van der Waals surface area contributed by atoms with Crippen molar-refractivity contribution in [2.24, 2.45) is 5.92 Å². The number of aldehydes is 1. The monoisotopic (exact) mass is 647 g/mol. The summed E-state index contributed by atoms with van der Waals surface area (Å²) in [6.45, 7) is 1.65. The van der Waals surface area contributed by atoms with Gasteiger partial charge in [-0.25, -0.2) is 17.5 Å². The van der Waals surface area contributed by atoms with Crippen molar-refractivity contribution in [3.8, 4) is 5.75 Å². The van der Waals surface area contributed by atoms with Crippen LogP contribution in [0.1, 0.15) is 69.8 Å². The lowest BCUT2D eigenvalue weighted by Crippen LogP contribution is -2.58. The van der Waals surface area contributed by atoms with Crippen molar-refractivity contribution >= 4 is 44.5 Å². The van der Waals surface area contributed by atoms with Crippen molar-refractivity contribution in [3.05, 3.63) is 29.8 Å². The number of sulfonamides is 1. The lowest BCUT2D eigenvalue weighted by atomic mass is 9.84. The van der Waals surface area contributed by atoms with Gasteiger partial charge in [-0.3, -0.25) is 9.59 Å². The molecule has 1 saturated heterocycles. The van der Waals surface area contributed by atoms with E-state index in [0.29, 0.717) is 45.2 Å². The number of piperidine rings is 1. The lowest BCUT2D eigenvalue weighted by Gasteiger charge is -2.32. The Morgan fingerprint density at radius 1 is 1.11 bits per heavy atom. The van der Waals surface area contributed by atoms with Gasteiger partial charge in [0, 0.05) is 31.6 Å². The van der Waals surface area contributed by atoms with Crippen LogP contribution in [0.4, 0.5) is 4.79 Å². The van der Waals surface area contributed by atoms with Gasteiger partial charge in [0.1, 0.15) is 30.8 Å². The molecule has 2 fully saturated rings. The average molecular weight is 648 g/mol. The Labute approximate surface area is 263 Å². The van der Waals surface area contributed by atoms with Gasteiger partial charge in [0.15, 0.2) is 0 Å². The van der Waals surface area contributed by atoms with Gasteiger partial charge >= 0.3 is 6.09 Å². The SMILES string of the molecule is CS(=O)(=O)N1CCC(OC(=O)N[C@@H](CC2CCCCC2)C(=O)N[C@@]([Si])(C=O)CCC(=O)N2CCOc3ccccc3C2)CC1. The van der Waals surface area contributed by atoms with Gasteiger partial charge in [-0.1, -0.05) is 50.3 Å². The summed E-state index contributed by atoms with van der Waals surface area (Å²) in [6, 6.07) is 6.58. The molecule has 3 aliphatic rings. The van der Waals surface area contributed by atoms with Crippen LogP contribution in [-0.2, 0) is 35.7 Å². The average Bonchev–Trinajstić information content (AvgIpc) is 3.23. The number of rotatable bonds is 11. The topological polar surface area (TPSA) is 151 Å². The molecule has 14 heteroatoms.